The zero-order valence-corrected chi connectivity index (χ0v) is 10.7. The molecule has 16 heavy (non-hydrogen) atoms. The number of carbonyl (C=O) groups is 1. The molecule has 0 aliphatic carbocycles. The number of rotatable bonds is 2. The van der Waals surface area contributed by atoms with Crippen molar-refractivity contribution in [1.82, 2.24) is 0 Å². The van der Waals surface area contributed by atoms with Gasteiger partial charge in [-0.25, -0.2) is 0 Å². The van der Waals surface area contributed by atoms with Gasteiger partial charge in [-0.2, -0.15) is 0 Å². The summed E-state index contributed by atoms with van der Waals surface area (Å²) in [7, 11) is 0. The summed E-state index contributed by atoms with van der Waals surface area (Å²) >= 11 is 3.40. The lowest BCUT2D eigenvalue weighted by atomic mass is 10.1. The van der Waals surface area contributed by atoms with E-state index in [9.17, 15) is 4.79 Å². The van der Waals surface area contributed by atoms with Crippen molar-refractivity contribution in [1.29, 1.82) is 0 Å². The Morgan fingerprint density at radius 3 is 3.00 bits per heavy atom. The molecule has 1 aromatic rings. The smallest absolute Gasteiger partial charge is 0.151 e. The third-order valence-corrected chi connectivity index (χ3v) is 3.50. The van der Waals surface area contributed by atoms with Gasteiger partial charge in [-0.3, -0.25) is 4.79 Å². The molecule has 0 radical (unpaired) electrons. The Balaban J connectivity index is 2.26. The van der Waals surface area contributed by atoms with Crippen LogP contribution in [-0.4, -0.2) is 32.1 Å². The van der Waals surface area contributed by atoms with E-state index in [1.807, 2.05) is 18.2 Å². The standard InChI is InChI=1S/C12H14BrNO2/c1-9-8-16-5-4-14(9)11-3-2-10(7-15)12(13)6-11/h2-3,6-7,9H,4-5,8H2,1H3. The summed E-state index contributed by atoms with van der Waals surface area (Å²) in [6.45, 7) is 4.55. The first-order chi connectivity index (χ1) is 7.72. The van der Waals surface area contributed by atoms with Crippen molar-refractivity contribution in [3.8, 4) is 0 Å². The molecule has 2 rings (SSSR count). The highest BCUT2D eigenvalue weighted by Gasteiger charge is 2.19. The molecule has 1 aromatic carbocycles. The average Bonchev–Trinajstić information content (AvgIpc) is 2.29. The number of hydrogen-bond donors (Lipinski definition) is 0. The molecule has 1 fully saturated rings. The van der Waals surface area contributed by atoms with Crippen LogP contribution >= 0.6 is 15.9 Å². The Morgan fingerprint density at radius 1 is 1.56 bits per heavy atom. The number of morpholine rings is 1. The van der Waals surface area contributed by atoms with Crippen molar-refractivity contribution in [2.24, 2.45) is 0 Å². The molecule has 86 valence electrons. The minimum atomic E-state index is 0.378. The monoisotopic (exact) mass is 283 g/mol. The normalized spacial score (nSPS) is 20.9. The highest BCUT2D eigenvalue weighted by atomic mass is 79.9. The second-order valence-electron chi connectivity index (χ2n) is 3.94. The molecular weight excluding hydrogens is 270 g/mol. The fourth-order valence-corrected chi connectivity index (χ4v) is 2.36. The topological polar surface area (TPSA) is 29.5 Å². The van der Waals surface area contributed by atoms with Gasteiger partial charge >= 0.3 is 0 Å². The third kappa shape index (κ3) is 2.28. The zero-order chi connectivity index (χ0) is 11.5. The lowest BCUT2D eigenvalue weighted by Crippen LogP contribution is -2.43. The predicted octanol–water partition coefficient (Wildman–Crippen LogP) is 2.49. The van der Waals surface area contributed by atoms with Crippen LogP contribution in [0.1, 0.15) is 17.3 Å². The van der Waals surface area contributed by atoms with Crippen LogP contribution in [0.2, 0.25) is 0 Å². The minimum Gasteiger partial charge on any atom is -0.377 e. The molecule has 4 heteroatoms. The van der Waals surface area contributed by atoms with Crippen LogP contribution in [0.5, 0.6) is 0 Å². The lowest BCUT2D eigenvalue weighted by Gasteiger charge is -2.35. The van der Waals surface area contributed by atoms with E-state index in [4.69, 9.17) is 4.74 Å². The molecule has 0 amide bonds. The number of benzene rings is 1. The van der Waals surface area contributed by atoms with Gasteiger partial charge in [0.2, 0.25) is 0 Å². The number of ether oxygens (including phenoxy) is 1. The second-order valence-corrected chi connectivity index (χ2v) is 4.80. The van der Waals surface area contributed by atoms with Crippen molar-refractivity contribution < 1.29 is 9.53 Å². The number of anilines is 1. The van der Waals surface area contributed by atoms with Gasteiger partial charge < -0.3 is 9.64 Å². The number of aldehydes is 1. The molecule has 1 saturated heterocycles. The summed E-state index contributed by atoms with van der Waals surface area (Å²) in [6, 6.07) is 6.19. The Bertz CT molecular complexity index is 395. The highest BCUT2D eigenvalue weighted by Crippen LogP contribution is 2.25. The van der Waals surface area contributed by atoms with E-state index in [0.29, 0.717) is 11.6 Å². The molecule has 1 atom stereocenters. The first-order valence-electron chi connectivity index (χ1n) is 5.31. The SMILES string of the molecule is CC1COCCN1c1ccc(C=O)c(Br)c1. The Morgan fingerprint density at radius 2 is 2.38 bits per heavy atom. The molecule has 3 nitrogen and oxygen atoms in total. The zero-order valence-electron chi connectivity index (χ0n) is 9.15. The van der Waals surface area contributed by atoms with Crippen molar-refractivity contribution in [2.45, 2.75) is 13.0 Å². The maximum absolute atomic E-state index is 10.7. The van der Waals surface area contributed by atoms with E-state index in [2.05, 4.69) is 27.8 Å². The largest absolute Gasteiger partial charge is 0.377 e. The van der Waals surface area contributed by atoms with Gasteiger partial charge in [0.25, 0.3) is 0 Å². The van der Waals surface area contributed by atoms with Crippen LogP contribution in [0.4, 0.5) is 5.69 Å². The van der Waals surface area contributed by atoms with E-state index >= 15 is 0 Å². The molecule has 0 bridgehead atoms. The van der Waals surface area contributed by atoms with Crippen molar-refractivity contribution in [2.75, 3.05) is 24.7 Å². The summed E-state index contributed by atoms with van der Waals surface area (Å²) < 4.78 is 6.25. The van der Waals surface area contributed by atoms with Crippen LogP contribution in [-0.2, 0) is 4.74 Å². The molecule has 1 heterocycles. The number of hydrogen-bond acceptors (Lipinski definition) is 3. The summed E-state index contributed by atoms with van der Waals surface area (Å²) in [5, 5.41) is 0. The van der Waals surface area contributed by atoms with E-state index in [-0.39, 0.29) is 0 Å². The molecule has 1 aliphatic heterocycles. The van der Waals surface area contributed by atoms with Crippen LogP contribution < -0.4 is 4.90 Å². The maximum Gasteiger partial charge on any atom is 0.151 e. The molecule has 0 N–H and O–H groups in total. The summed E-state index contributed by atoms with van der Waals surface area (Å²) in [6.07, 6.45) is 0.858. The quantitative estimate of drug-likeness (QED) is 0.781. The summed E-state index contributed by atoms with van der Waals surface area (Å²) in [5.41, 5.74) is 1.82. The van der Waals surface area contributed by atoms with Gasteiger partial charge in [-0.1, -0.05) is 0 Å². The first-order valence-corrected chi connectivity index (χ1v) is 6.11. The van der Waals surface area contributed by atoms with E-state index < -0.39 is 0 Å². The Labute approximate surface area is 104 Å². The van der Waals surface area contributed by atoms with Crippen LogP contribution in [0, 0.1) is 0 Å². The fraction of sp³-hybridized carbons (Fsp3) is 0.417. The van der Waals surface area contributed by atoms with Gasteiger partial charge in [0, 0.05) is 28.3 Å². The predicted molar refractivity (Wildman–Crippen MR) is 67.2 cm³/mol. The average molecular weight is 284 g/mol. The molecular formula is C12H14BrNO2. The molecule has 1 unspecified atom stereocenters. The third-order valence-electron chi connectivity index (χ3n) is 2.81. The number of carbonyl (C=O) groups excluding carboxylic acids is 1. The number of nitrogens with zero attached hydrogens (tertiary/aromatic N) is 1. The van der Waals surface area contributed by atoms with Gasteiger partial charge in [-0.15, -0.1) is 0 Å². The van der Waals surface area contributed by atoms with Gasteiger partial charge in [0.15, 0.2) is 6.29 Å². The van der Waals surface area contributed by atoms with Crippen molar-refractivity contribution in [3.05, 3.63) is 28.2 Å². The summed E-state index contributed by atoms with van der Waals surface area (Å²) in [4.78, 5) is 13.0. The fourth-order valence-electron chi connectivity index (χ4n) is 1.90. The Kier molecular flexibility index (Phi) is 3.61. The van der Waals surface area contributed by atoms with Crippen LogP contribution in [0.3, 0.4) is 0 Å². The second kappa shape index (κ2) is 4.97. The maximum atomic E-state index is 10.7. The van der Waals surface area contributed by atoms with E-state index in [1.54, 1.807) is 0 Å². The molecule has 0 saturated carbocycles. The van der Waals surface area contributed by atoms with Crippen LogP contribution in [0.15, 0.2) is 22.7 Å². The molecule has 0 aromatic heterocycles. The van der Waals surface area contributed by atoms with Crippen molar-refractivity contribution >= 4 is 27.9 Å². The van der Waals surface area contributed by atoms with Gasteiger partial charge in [0.1, 0.15) is 0 Å². The van der Waals surface area contributed by atoms with E-state index in [0.717, 1.165) is 36.2 Å². The van der Waals surface area contributed by atoms with Crippen LogP contribution in [0.25, 0.3) is 0 Å². The van der Waals surface area contributed by atoms with Gasteiger partial charge in [0.05, 0.1) is 13.2 Å². The Hall–Kier alpha value is -0.870. The lowest BCUT2D eigenvalue weighted by molar-refractivity contribution is 0.0989. The minimum absolute atomic E-state index is 0.378. The summed E-state index contributed by atoms with van der Waals surface area (Å²) in [5.74, 6) is 0. The molecule has 0 spiro atoms. The van der Waals surface area contributed by atoms with Gasteiger partial charge in [-0.05, 0) is 41.1 Å². The molecule has 1 aliphatic rings. The number of halogens is 1. The van der Waals surface area contributed by atoms with Crippen molar-refractivity contribution in [3.63, 3.8) is 0 Å². The first kappa shape index (κ1) is 11.6. The highest BCUT2D eigenvalue weighted by molar-refractivity contribution is 9.10. The van der Waals surface area contributed by atoms with E-state index in [1.165, 1.54) is 0 Å².